The number of anilines is 1. The first-order valence-electron chi connectivity index (χ1n) is 12.9. The molecule has 1 N–H and O–H groups in total. The van der Waals surface area contributed by atoms with Crippen molar-refractivity contribution in [2.75, 3.05) is 25.0 Å². The summed E-state index contributed by atoms with van der Waals surface area (Å²) in [5.41, 5.74) is 1.59. The molecule has 2 atom stereocenters. The van der Waals surface area contributed by atoms with Gasteiger partial charge in [0.2, 0.25) is 11.9 Å². The number of aromatic nitrogens is 5. The summed E-state index contributed by atoms with van der Waals surface area (Å²) in [7, 11) is 0. The number of fused-ring (bicyclic) bond motifs is 1. The Kier molecular flexibility index (Phi) is 5.24. The number of rotatable bonds is 8. The molecule has 0 spiro atoms. The lowest BCUT2D eigenvalue weighted by molar-refractivity contribution is -0.150. The molecule has 4 saturated carbocycles. The molecule has 1 aromatic carbocycles. The number of benzene rings is 1. The number of para-hydroxylation sites is 2. The van der Waals surface area contributed by atoms with Crippen molar-refractivity contribution in [1.82, 2.24) is 29.2 Å². The molecule has 0 radical (unpaired) electrons. The van der Waals surface area contributed by atoms with Gasteiger partial charge >= 0.3 is 0 Å². The van der Waals surface area contributed by atoms with Gasteiger partial charge < -0.3 is 9.47 Å². The van der Waals surface area contributed by atoms with Crippen molar-refractivity contribution in [3.8, 4) is 0 Å². The van der Waals surface area contributed by atoms with Gasteiger partial charge in [-0.3, -0.25) is 10.1 Å². The summed E-state index contributed by atoms with van der Waals surface area (Å²) in [5, 5.41) is 7.86. The normalized spacial score (nSPS) is 29.9. The molecule has 7 rings (SSSR count). The molecule has 4 fully saturated rings. The van der Waals surface area contributed by atoms with E-state index in [1.54, 1.807) is 6.33 Å². The van der Waals surface area contributed by atoms with Crippen molar-refractivity contribution in [3.05, 3.63) is 36.9 Å². The molecular formula is C26H35N7O. The summed E-state index contributed by atoms with van der Waals surface area (Å²) in [5.74, 6) is 1.99. The van der Waals surface area contributed by atoms with Gasteiger partial charge in [-0.15, -0.1) is 0 Å². The van der Waals surface area contributed by atoms with Crippen LogP contribution in [-0.4, -0.2) is 54.8 Å². The molecule has 4 aliphatic carbocycles. The molecule has 1 amide bonds. The van der Waals surface area contributed by atoms with Gasteiger partial charge in [-0.2, -0.15) is 5.10 Å². The molecule has 34 heavy (non-hydrogen) atoms. The van der Waals surface area contributed by atoms with E-state index in [4.69, 9.17) is 4.98 Å². The van der Waals surface area contributed by atoms with Crippen LogP contribution in [0, 0.1) is 17.3 Å². The summed E-state index contributed by atoms with van der Waals surface area (Å²) in [6.07, 6.45) is 9.76. The molecule has 0 aliphatic heterocycles. The first kappa shape index (κ1) is 21.8. The molecule has 4 aliphatic rings. The fourth-order valence-electron chi connectivity index (χ4n) is 7.61. The maximum absolute atomic E-state index is 14.0. The van der Waals surface area contributed by atoms with Crippen LogP contribution in [0.4, 0.5) is 5.95 Å². The third kappa shape index (κ3) is 3.45. The van der Waals surface area contributed by atoms with Crippen LogP contribution in [0.3, 0.4) is 0 Å². The molecule has 2 heterocycles. The van der Waals surface area contributed by atoms with E-state index >= 15 is 0 Å². The predicted molar refractivity (Wildman–Crippen MR) is 131 cm³/mol. The highest BCUT2D eigenvalue weighted by Crippen LogP contribution is 2.64. The highest BCUT2D eigenvalue weighted by atomic mass is 16.2. The quantitative estimate of drug-likeness (QED) is 0.550. The summed E-state index contributed by atoms with van der Waals surface area (Å²) in [4.78, 5) is 25.5. The Morgan fingerprint density at radius 3 is 2.62 bits per heavy atom. The minimum Gasteiger partial charge on any atom is -0.309 e. The lowest BCUT2D eigenvalue weighted by Crippen LogP contribution is -2.60. The fourth-order valence-corrected chi connectivity index (χ4v) is 7.61. The molecule has 3 aromatic rings. The number of nitrogens with one attached hydrogen (secondary N) is 1. The number of carbonyl (C=O) groups is 1. The number of imidazole rings is 1. The van der Waals surface area contributed by atoms with Gasteiger partial charge in [0.25, 0.3) is 0 Å². The van der Waals surface area contributed by atoms with E-state index in [1.165, 1.54) is 6.42 Å². The summed E-state index contributed by atoms with van der Waals surface area (Å²) in [6, 6.07) is 8.19. The van der Waals surface area contributed by atoms with Crippen molar-refractivity contribution in [3.63, 3.8) is 0 Å². The monoisotopic (exact) mass is 461 g/mol. The zero-order valence-electron chi connectivity index (χ0n) is 20.3. The zero-order chi connectivity index (χ0) is 23.3. The number of hydrogen-bond acceptors (Lipinski definition) is 5. The van der Waals surface area contributed by atoms with E-state index in [0.717, 1.165) is 69.3 Å². The smallest absolute Gasteiger partial charge is 0.233 e. The maximum Gasteiger partial charge on any atom is 0.233 e. The van der Waals surface area contributed by atoms with Gasteiger partial charge in [0.05, 0.1) is 22.0 Å². The van der Waals surface area contributed by atoms with Crippen LogP contribution < -0.4 is 5.32 Å². The third-order valence-electron chi connectivity index (χ3n) is 8.83. The number of hydrogen-bond donors (Lipinski definition) is 1. The van der Waals surface area contributed by atoms with Gasteiger partial charge in [-0.25, -0.2) is 14.6 Å². The Morgan fingerprint density at radius 2 is 1.91 bits per heavy atom. The lowest BCUT2D eigenvalue weighted by Gasteiger charge is -2.60. The largest absolute Gasteiger partial charge is 0.309 e. The van der Waals surface area contributed by atoms with E-state index < -0.39 is 0 Å². The zero-order valence-corrected chi connectivity index (χ0v) is 20.3. The van der Waals surface area contributed by atoms with Crippen LogP contribution in [0.2, 0.25) is 0 Å². The second kappa shape index (κ2) is 8.18. The second-order valence-electron chi connectivity index (χ2n) is 10.9. The van der Waals surface area contributed by atoms with E-state index in [2.05, 4.69) is 49.5 Å². The van der Waals surface area contributed by atoms with Crippen LogP contribution in [0.15, 0.2) is 36.9 Å². The van der Waals surface area contributed by atoms with Crippen molar-refractivity contribution in [2.24, 2.45) is 17.3 Å². The Hall–Kier alpha value is -2.74. The average molecular weight is 462 g/mol. The van der Waals surface area contributed by atoms with E-state index in [9.17, 15) is 4.79 Å². The Morgan fingerprint density at radius 1 is 1.15 bits per heavy atom. The SMILES string of the molecule is CCN(CC)CCn1c(NC(=O)C23C[C@@H]4C[C@@H](C2)CC(n2cncn2)(C4)C3)nc2ccccc21. The maximum atomic E-state index is 14.0. The van der Waals surface area contributed by atoms with Gasteiger partial charge in [0, 0.05) is 13.1 Å². The molecule has 0 unspecified atom stereocenters. The van der Waals surface area contributed by atoms with Crippen molar-refractivity contribution in [2.45, 2.75) is 64.5 Å². The average Bonchev–Trinajstić information content (AvgIpc) is 3.48. The van der Waals surface area contributed by atoms with Crippen LogP contribution in [0.5, 0.6) is 0 Å². The van der Waals surface area contributed by atoms with Gasteiger partial charge in [-0.05, 0) is 75.6 Å². The second-order valence-corrected chi connectivity index (χ2v) is 10.9. The third-order valence-corrected chi connectivity index (χ3v) is 8.83. The van der Waals surface area contributed by atoms with Crippen LogP contribution in [0.25, 0.3) is 11.0 Å². The van der Waals surface area contributed by atoms with Crippen LogP contribution in [0.1, 0.15) is 52.4 Å². The molecule has 2 aromatic heterocycles. The standard InChI is InChI=1S/C26H35N7O/c1-3-31(4-2)9-10-32-22-8-6-5-7-21(22)29-24(32)30-23(34)25-12-19-11-20(13-25)15-26(14-19,16-25)33-18-27-17-28-33/h5-8,17-20H,3-4,9-16H2,1-2H3,(H,29,30,34)/t19-,20-,25?,26?/m0/s1. The predicted octanol–water partition coefficient (Wildman–Crippen LogP) is 3.90. The number of carbonyl (C=O) groups excluding carboxylic acids is 1. The lowest BCUT2D eigenvalue weighted by atomic mass is 9.46. The number of likely N-dealkylation sites (N-methyl/N-ethyl adjacent to an activating group) is 1. The first-order valence-corrected chi connectivity index (χ1v) is 12.9. The number of nitrogens with zero attached hydrogens (tertiary/aromatic N) is 6. The molecule has 0 saturated heterocycles. The van der Waals surface area contributed by atoms with Crippen molar-refractivity contribution in [1.29, 1.82) is 0 Å². The highest BCUT2D eigenvalue weighted by molar-refractivity contribution is 5.96. The van der Waals surface area contributed by atoms with E-state index in [0.29, 0.717) is 17.8 Å². The Bertz CT molecular complexity index is 1170. The Balaban J connectivity index is 1.30. The first-order chi connectivity index (χ1) is 16.5. The molecule has 8 heteroatoms. The summed E-state index contributed by atoms with van der Waals surface area (Å²) in [6.45, 7) is 8.15. The van der Waals surface area contributed by atoms with Crippen LogP contribution >= 0.6 is 0 Å². The van der Waals surface area contributed by atoms with E-state index in [-0.39, 0.29) is 16.9 Å². The van der Waals surface area contributed by atoms with E-state index in [1.807, 2.05) is 24.5 Å². The van der Waals surface area contributed by atoms with Crippen molar-refractivity contribution < 1.29 is 4.79 Å². The number of amides is 1. The minimum atomic E-state index is -0.349. The summed E-state index contributed by atoms with van der Waals surface area (Å²) < 4.78 is 4.26. The minimum absolute atomic E-state index is 0.0686. The fraction of sp³-hybridized carbons (Fsp3) is 0.615. The van der Waals surface area contributed by atoms with Gasteiger partial charge in [0.15, 0.2) is 0 Å². The molecule has 8 nitrogen and oxygen atoms in total. The van der Waals surface area contributed by atoms with Gasteiger partial charge in [0.1, 0.15) is 12.7 Å². The molecule has 4 bridgehead atoms. The molecule has 180 valence electrons. The van der Waals surface area contributed by atoms with Crippen LogP contribution in [-0.2, 0) is 16.9 Å². The summed E-state index contributed by atoms with van der Waals surface area (Å²) >= 11 is 0. The van der Waals surface area contributed by atoms with Crippen molar-refractivity contribution >= 4 is 22.9 Å². The van der Waals surface area contributed by atoms with Gasteiger partial charge in [-0.1, -0.05) is 26.0 Å². The molecular weight excluding hydrogens is 426 g/mol. The highest BCUT2D eigenvalue weighted by Gasteiger charge is 2.61. The topological polar surface area (TPSA) is 80.9 Å². The Labute approximate surface area is 200 Å².